The Balaban J connectivity index is 4.83. The number of amides is 3. The summed E-state index contributed by atoms with van der Waals surface area (Å²) in [5.74, 6) is -5.18. The maximum absolute atomic E-state index is 12.3. The van der Waals surface area contributed by atoms with Crippen molar-refractivity contribution in [1.82, 2.24) is 16.0 Å². The summed E-state index contributed by atoms with van der Waals surface area (Å²) in [6.45, 7) is 2.96. The van der Waals surface area contributed by atoms with Crippen LogP contribution < -0.4 is 21.7 Å². The molecule has 0 radical (unpaired) electrons. The number of carboxylic acids is 2. The van der Waals surface area contributed by atoms with Gasteiger partial charge in [0.15, 0.2) is 0 Å². The van der Waals surface area contributed by atoms with E-state index in [0.717, 1.165) is 0 Å². The lowest BCUT2D eigenvalue weighted by Gasteiger charge is -2.24. The third-order valence-electron chi connectivity index (χ3n) is 3.76. The maximum Gasteiger partial charge on any atom is 0.326 e. The van der Waals surface area contributed by atoms with Crippen molar-refractivity contribution in [3.8, 4) is 0 Å². The SMILES string of the molecule is CCC(C)C(NC(=O)C(N)CS)C(=O)NCC(=O)NC(CC(=O)O)C(=O)O. The van der Waals surface area contributed by atoms with E-state index in [1.165, 1.54) is 0 Å². The van der Waals surface area contributed by atoms with E-state index in [9.17, 15) is 24.0 Å². The van der Waals surface area contributed by atoms with Crippen LogP contribution in [-0.4, -0.2) is 70.3 Å². The quantitative estimate of drug-likeness (QED) is 0.180. The van der Waals surface area contributed by atoms with Crippen LogP contribution in [0, 0.1) is 5.92 Å². The molecule has 27 heavy (non-hydrogen) atoms. The zero-order valence-electron chi connectivity index (χ0n) is 15.1. The van der Waals surface area contributed by atoms with Gasteiger partial charge in [-0.25, -0.2) is 4.79 Å². The van der Waals surface area contributed by atoms with Gasteiger partial charge in [0.25, 0.3) is 0 Å². The van der Waals surface area contributed by atoms with E-state index in [2.05, 4.69) is 23.3 Å². The van der Waals surface area contributed by atoms with E-state index in [4.69, 9.17) is 15.9 Å². The van der Waals surface area contributed by atoms with Crippen LogP contribution in [0.25, 0.3) is 0 Å². The average Bonchev–Trinajstić information content (AvgIpc) is 2.61. The van der Waals surface area contributed by atoms with E-state index in [-0.39, 0.29) is 11.7 Å². The van der Waals surface area contributed by atoms with Crippen LogP contribution in [0.15, 0.2) is 0 Å². The summed E-state index contributed by atoms with van der Waals surface area (Å²) in [6.07, 6.45) is -0.247. The van der Waals surface area contributed by atoms with Crippen LogP contribution in [0.5, 0.6) is 0 Å². The first kappa shape index (κ1) is 24.7. The summed E-state index contributed by atoms with van der Waals surface area (Å²) in [7, 11) is 0. The molecule has 12 heteroatoms. The largest absolute Gasteiger partial charge is 0.481 e. The summed E-state index contributed by atoms with van der Waals surface area (Å²) in [5.41, 5.74) is 5.56. The van der Waals surface area contributed by atoms with Crippen LogP contribution in [0.2, 0.25) is 0 Å². The predicted molar refractivity (Wildman–Crippen MR) is 98.0 cm³/mol. The highest BCUT2D eigenvalue weighted by atomic mass is 32.1. The highest BCUT2D eigenvalue weighted by Crippen LogP contribution is 2.08. The van der Waals surface area contributed by atoms with Crippen LogP contribution in [-0.2, 0) is 24.0 Å². The van der Waals surface area contributed by atoms with Crippen molar-refractivity contribution in [1.29, 1.82) is 0 Å². The van der Waals surface area contributed by atoms with Gasteiger partial charge in [-0.2, -0.15) is 12.6 Å². The molecule has 4 atom stereocenters. The van der Waals surface area contributed by atoms with E-state index < -0.39 is 60.8 Å². The molecule has 0 rings (SSSR count). The van der Waals surface area contributed by atoms with Gasteiger partial charge in [0.1, 0.15) is 12.1 Å². The van der Waals surface area contributed by atoms with Crippen LogP contribution in [0.4, 0.5) is 0 Å². The molecule has 0 bridgehead atoms. The Kier molecular flexibility index (Phi) is 11.1. The minimum atomic E-state index is -1.62. The number of hydrogen-bond donors (Lipinski definition) is 7. The molecule has 3 amide bonds. The fourth-order valence-corrected chi connectivity index (χ4v) is 2.11. The van der Waals surface area contributed by atoms with Crippen LogP contribution >= 0.6 is 12.6 Å². The van der Waals surface area contributed by atoms with Crippen molar-refractivity contribution in [2.45, 2.75) is 44.8 Å². The molecule has 0 saturated heterocycles. The van der Waals surface area contributed by atoms with Gasteiger partial charge in [0, 0.05) is 5.75 Å². The first-order valence-corrected chi connectivity index (χ1v) is 8.85. The molecule has 11 nitrogen and oxygen atoms in total. The van der Waals surface area contributed by atoms with Crippen molar-refractivity contribution in [3.05, 3.63) is 0 Å². The number of carbonyl (C=O) groups excluding carboxylic acids is 3. The highest BCUT2D eigenvalue weighted by Gasteiger charge is 2.28. The third-order valence-corrected chi connectivity index (χ3v) is 4.16. The Morgan fingerprint density at radius 3 is 2.11 bits per heavy atom. The van der Waals surface area contributed by atoms with Gasteiger partial charge in [-0.1, -0.05) is 20.3 Å². The Bertz CT molecular complexity index is 572. The van der Waals surface area contributed by atoms with Gasteiger partial charge in [0.2, 0.25) is 17.7 Å². The number of nitrogens with two attached hydrogens (primary N) is 1. The minimum Gasteiger partial charge on any atom is -0.481 e. The fraction of sp³-hybridized carbons (Fsp3) is 0.667. The smallest absolute Gasteiger partial charge is 0.326 e. The molecule has 0 aromatic rings. The standard InChI is InChI=1S/C15H26N4O7S/c1-3-7(2)12(19-13(23)8(16)6-27)14(24)17-5-10(20)18-9(15(25)26)4-11(21)22/h7-9,12,27H,3-6,16H2,1-2H3,(H,17,24)(H,18,20)(H,19,23)(H,21,22)(H,25,26). The number of rotatable bonds is 12. The first-order valence-electron chi connectivity index (χ1n) is 8.21. The second-order valence-corrected chi connectivity index (χ2v) is 6.30. The molecule has 0 aliphatic heterocycles. The predicted octanol–water partition coefficient (Wildman–Crippen LogP) is -2.07. The van der Waals surface area contributed by atoms with E-state index in [1.54, 1.807) is 6.92 Å². The number of thiol groups is 1. The molecular formula is C15H26N4O7S. The van der Waals surface area contributed by atoms with Gasteiger partial charge in [-0.3, -0.25) is 19.2 Å². The van der Waals surface area contributed by atoms with E-state index >= 15 is 0 Å². The summed E-state index contributed by atoms with van der Waals surface area (Å²) in [5, 5.41) is 24.3. The van der Waals surface area contributed by atoms with E-state index in [1.807, 2.05) is 12.2 Å². The molecule has 0 aromatic heterocycles. The maximum atomic E-state index is 12.3. The van der Waals surface area contributed by atoms with Gasteiger partial charge in [-0.15, -0.1) is 0 Å². The summed E-state index contributed by atoms with van der Waals surface area (Å²) >= 11 is 3.91. The zero-order valence-corrected chi connectivity index (χ0v) is 16.0. The molecule has 154 valence electrons. The molecule has 0 aliphatic rings. The topological polar surface area (TPSA) is 188 Å². The number of aliphatic carboxylic acids is 2. The lowest BCUT2D eigenvalue weighted by atomic mass is 9.98. The zero-order chi connectivity index (χ0) is 21.1. The van der Waals surface area contributed by atoms with E-state index in [0.29, 0.717) is 6.42 Å². The Morgan fingerprint density at radius 2 is 1.67 bits per heavy atom. The minimum absolute atomic E-state index is 0.0865. The normalized spacial score (nSPS) is 15.0. The molecule has 0 aliphatic carbocycles. The summed E-state index contributed by atoms with van der Waals surface area (Å²) in [4.78, 5) is 57.5. The van der Waals surface area contributed by atoms with Gasteiger partial charge in [0.05, 0.1) is 19.0 Å². The van der Waals surface area contributed by atoms with Crippen molar-refractivity contribution in [3.63, 3.8) is 0 Å². The molecule has 4 unspecified atom stereocenters. The number of carbonyl (C=O) groups is 5. The lowest BCUT2D eigenvalue weighted by molar-refractivity contribution is -0.147. The molecule has 0 spiro atoms. The Morgan fingerprint density at radius 1 is 1.07 bits per heavy atom. The number of hydrogen-bond acceptors (Lipinski definition) is 7. The molecule has 0 fully saturated rings. The first-order chi connectivity index (χ1) is 12.5. The van der Waals surface area contributed by atoms with Crippen molar-refractivity contribution < 1.29 is 34.2 Å². The van der Waals surface area contributed by atoms with Gasteiger partial charge in [-0.05, 0) is 5.92 Å². The molecule has 7 N–H and O–H groups in total. The highest BCUT2D eigenvalue weighted by molar-refractivity contribution is 7.80. The number of nitrogens with one attached hydrogen (secondary N) is 3. The second kappa shape index (κ2) is 12.1. The van der Waals surface area contributed by atoms with Crippen LogP contribution in [0.3, 0.4) is 0 Å². The average molecular weight is 406 g/mol. The molecule has 0 aromatic carbocycles. The third kappa shape index (κ3) is 9.24. The lowest BCUT2D eigenvalue weighted by Crippen LogP contribution is -2.56. The van der Waals surface area contributed by atoms with Crippen molar-refractivity contribution in [2.75, 3.05) is 12.3 Å². The molecule has 0 heterocycles. The van der Waals surface area contributed by atoms with Crippen molar-refractivity contribution in [2.24, 2.45) is 11.7 Å². The summed E-state index contributed by atoms with van der Waals surface area (Å²) < 4.78 is 0. The second-order valence-electron chi connectivity index (χ2n) is 5.93. The van der Waals surface area contributed by atoms with Gasteiger partial charge < -0.3 is 31.9 Å². The van der Waals surface area contributed by atoms with Gasteiger partial charge >= 0.3 is 11.9 Å². The van der Waals surface area contributed by atoms with Crippen molar-refractivity contribution >= 4 is 42.3 Å². The molecule has 0 saturated carbocycles. The number of carboxylic acid groups (broad SMARTS) is 2. The Labute approximate surface area is 161 Å². The Hall–Kier alpha value is -2.34. The molecular weight excluding hydrogens is 380 g/mol. The fourth-order valence-electron chi connectivity index (χ4n) is 1.94. The summed E-state index contributed by atoms with van der Waals surface area (Å²) in [6, 6.07) is -3.47. The van der Waals surface area contributed by atoms with Crippen LogP contribution in [0.1, 0.15) is 26.7 Å². The monoisotopic (exact) mass is 406 g/mol.